The van der Waals surface area contributed by atoms with Gasteiger partial charge in [-0.1, -0.05) is 6.07 Å². The van der Waals surface area contributed by atoms with Gasteiger partial charge in [0.05, 0.1) is 6.54 Å². The molecule has 2 aromatic rings. The zero-order valence-corrected chi connectivity index (χ0v) is 9.26. The standard InChI is InChI=1S/C12H15N3O/c1-10-14-5-6-15(10)7-8-16-12-4-2-3-11(13)9-12/h2-6,9H,7-8,13H2,1H3. The van der Waals surface area contributed by atoms with Crippen molar-refractivity contribution in [3.8, 4) is 5.75 Å². The van der Waals surface area contributed by atoms with Crippen LogP contribution in [-0.2, 0) is 6.54 Å². The molecular formula is C12H15N3O. The third-order valence-corrected chi connectivity index (χ3v) is 2.38. The number of nitrogens with zero attached hydrogens (tertiary/aromatic N) is 2. The van der Waals surface area contributed by atoms with Gasteiger partial charge in [0.2, 0.25) is 0 Å². The van der Waals surface area contributed by atoms with Crippen LogP contribution in [0.3, 0.4) is 0 Å². The molecule has 1 aromatic heterocycles. The first-order chi connectivity index (χ1) is 7.75. The van der Waals surface area contributed by atoms with E-state index in [0.717, 1.165) is 23.8 Å². The van der Waals surface area contributed by atoms with E-state index in [1.807, 2.05) is 42.0 Å². The molecule has 0 atom stereocenters. The molecule has 2 N–H and O–H groups in total. The number of benzene rings is 1. The summed E-state index contributed by atoms with van der Waals surface area (Å²) in [5.41, 5.74) is 6.37. The van der Waals surface area contributed by atoms with E-state index in [9.17, 15) is 0 Å². The molecule has 0 saturated heterocycles. The zero-order chi connectivity index (χ0) is 11.4. The van der Waals surface area contributed by atoms with E-state index in [1.54, 1.807) is 6.20 Å². The number of rotatable bonds is 4. The van der Waals surface area contributed by atoms with Gasteiger partial charge in [-0.2, -0.15) is 0 Å². The lowest BCUT2D eigenvalue weighted by Gasteiger charge is -2.08. The summed E-state index contributed by atoms with van der Waals surface area (Å²) in [7, 11) is 0. The number of hydrogen-bond acceptors (Lipinski definition) is 3. The van der Waals surface area contributed by atoms with Crippen molar-refractivity contribution < 1.29 is 4.74 Å². The van der Waals surface area contributed by atoms with Crippen LogP contribution in [0, 0.1) is 6.92 Å². The van der Waals surface area contributed by atoms with Crippen molar-refractivity contribution in [3.63, 3.8) is 0 Å². The van der Waals surface area contributed by atoms with Gasteiger partial charge in [0.25, 0.3) is 0 Å². The summed E-state index contributed by atoms with van der Waals surface area (Å²) < 4.78 is 7.63. The van der Waals surface area contributed by atoms with Crippen molar-refractivity contribution >= 4 is 5.69 Å². The molecule has 1 heterocycles. The largest absolute Gasteiger partial charge is 0.492 e. The Hall–Kier alpha value is -1.97. The van der Waals surface area contributed by atoms with Crippen LogP contribution in [-0.4, -0.2) is 16.2 Å². The SMILES string of the molecule is Cc1nccn1CCOc1cccc(N)c1. The molecule has 0 aliphatic carbocycles. The maximum Gasteiger partial charge on any atom is 0.121 e. The van der Waals surface area contributed by atoms with Gasteiger partial charge in [0.15, 0.2) is 0 Å². The molecule has 0 radical (unpaired) electrons. The highest BCUT2D eigenvalue weighted by molar-refractivity contribution is 5.43. The minimum atomic E-state index is 0.612. The molecule has 0 aliphatic heterocycles. The van der Waals surface area contributed by atoms with E-state index in [1.165, 1.54) is 0 Å². The molecule has 0 fully saturated rings. The molecule has 0 bridgehead atoms. The minimum absolute atomic E-state index is 0.612. The molecule has 0 spiro atoms. The Morgan fingerprint density at radius 1 is 1.44 bits per heavy atom. The molecule has 4 heteroatoms. The molecule has 84 valence electrons. The summed E-state index contributed by atoms with van der Waals surface area (Å²) in [4.78, 5) is 4.14. The number of hydrogen-bond donors (Lipinski definition) is 1. The first-order valence-electron chi connectivity index (χ1n) is 5.22. The summed E-state index contributed by atoms with van der Waals surface area (Å²) in [6.45, 7) is 3.38. The lowest BCUT2D eigenvalue weighted by atomic mass is 10.3. The van der Waals surface area contributed by atoms with Crippen molar-refractivity contribution in [2.75, 3.05) is 12.3 Å². The fourth-order valence-electron chi connectivity index (χ4n) is 1.51. The maximum absolute atomic E-state index is 5.65. The number of nitrogens with two attached hydrogens (primary N) is 1. The second-order valence-corrected chi connectivity index (χ2v) is 3.59. The number of aromatic nitrogens is 2. The van der Waals surface area contributed by atoms with Crippen molar-refractivity contribution in [1.29, 1.82) is 0 Å². The van der Waals surface area contributed by atoms with Gasteiger partial charge in [-0.25, -0.2) is 4.98 Å². The van der Waals surface area contributed by atoms with E-state index < -0.39 is 0 Å². The Morgan fingerprint density at radius 3 is 3.00 bits per heavy atom. The Labute approximate surface area is 94.7 Å². The van der Waals surface area contributed by atoms with Gasteiger partial charge in [0.1, 0.15) is 18.2 Å². The van der Waals surface area contributed by atoms with Crippen LogP contribution >= 0.6 is 0 Å². The Kier molecular flexibility index (Phi) is 3.10. The summed E-state index contributed by atoms with van der Waals surface area (Å²) in [6, 6.07) is 7.44. The topological polar surface area (TPSA) is 53.1 Å². The normalized spacial score (nSPS) is 10.3. The summed E-state index contributed by atoms with van der Waals surface area (Å²) >= 11 is 0. The van der Waals surface area contributed by atoms with Gasteiger partial charge >= 0.3 is 0 Å². The van der Waals surface area contributed by atoms with E-state index in [4.69, 9.17) is 10.5 Å². The second kappa shape index (κ2) is 4.70. The van der Waals surface area contributed by atoms with Gasteiger partial charge in [0, 0.05) is 24.1 Å². The molecule has 0 saturated carbocycles. The molecule has 0 aliphatic rings. The smallest absolute Gasteiger partial charge is 0.121 e. The minimum Gasteiger partial charge on any atom is -0.492 e. The number of imidazole rings is 1. The highest BCUT2D eigenvalue weighted by Gasteiger charge is 1.97. The lowest BCUT2D eigenvalue weighted by Crippen LogP contribution is -2.08. The highest BCUT2D eigenvalue weighted by Crippen LogP contribution is 2.14. The fourth-order valence-corrected chi connectivity index (χ4v) is 1.51. The molecule has 16 heavy (non-hydrogen) atoms. The van der Waals surface area contributed by atoms with Crippen LogP contribution in [0.1, 0.15) is 5.82 Å². The quantitative estimate of drug-likeness (QED) is 0.795. The fraction of sp³-hybridized carbons (Fsp3) is 0.250. The monoisotopic (exact) mass is 217 g/mol. The predicted octanol–water partition coefficient (Wildman–Crippen LogP) is 1.85. The predicted molar refractivity (Wildman–Crippen MR) is 63.3 cm³/mol. The van der Waals surface area contributed by atoms with Crippen LogP contribution < -0.4 is 10.5 Å². The van der Waals surface area contributed by atoms with Crippen molar-refractivity contribution in [1.82, 2.24) is 9.55 Å². The Balaban J connectivity index is 1.87. The first-order valence-corrected chi connectivity index (χ1v) is 5.22. The highest BCUT2D eigenvalue weighted by atomic mass is 16.5. The van der Waals surface area contributed by atoms with E-state index in [0.29, 0.717) is 6.61 Å². The Bertz CT molecular complexity index is 465. The third-order valence-electron chi connectivity index (χ3n) is 2.38. The first kappa shape index (κ1) is 10.5. The van der Waals surface area contributed by atoms with Crippen LogP contribution in [0.2, 0.25) is 0 Å². The molecule has 4 nitrogen and oxygen atoms in total. The van der Waals surface area contributed by atoms with Crippen LogP contribution in [0.5, 0.6) is 5.75 Å². The van der Waals surface area contributed by atoms with Gasteiger partial charge < -0.3 is 15.0 Å². The molecular weight excluding hydrogens is 202 g/mol. The molecule has 1 aromatic carbocycles. The van der Waals surface area contributed by atoms with Gasteiger partial charge in [-0.15, -0.1) is 0 Å². The van der Waals surface area contributed by atoms with Crippen LogP contribution in [0.25, 0.3) is 0 Å². The van der Waals surface area contributed by atoms with E-state index in [-0.39, 0.29) is 0 Å². The van der Waals surface area contributed by atoms with Crippen molar-refractivity contribution in [2.45, 2.75) is 13.5 Å². The lowest BCUT2D eigenvalue weighted by molar-refractivity contribution is 0.297. The number of nitrogen functional groups attached to an aromatic ring is 1. The maximum atomic E-state index is 5.65. The number of anilines is 1. The van der Waals surface area contributed by atoms with Crippen molar-refractivity contribution in [3.05, 3.63) is 42.5 Å². The van der Waals surface area contributed by atoms with Crippen LogP contribution in [0.15, 0.2) is 36.7 Å². The number of aryl methyl sites for hydroxylation is 1. The molecule has 2 rings (SSSR count). The van der Waals surface area contributed by atoms with E-state index in [2.05, 4.69) is 4.98 Å². The average molecular weight is 217 g/mol. The average Bonchev–Trinajstić information content (AvgIpc) is 2.65. The molecule has 0 amide bonds. The van der Waals surface area contributed by atoms with Crippen LogP contribution in [0.4, 0.5) is 5.69 Å². The van der Waals surface area contributed by atoms with Gasteiger partial charge in [-0.3, -0.25) is 0 Å². The summed E-state index contributed by atoms with van der Waals surface area (Å²) in [5.74, 6) is 1.80. The second-order valence-electron chi connectivity index (χ2n) is 3.59. The van der Waals surface area contributed by atoms with E-state index >= 15 is 0 Å². The van der Waals surface area contributed by atoms with Gasteiger partial charge in [-0.05, 0) is 19.1 Å². The third kappa shape index (κ3) is 2.53. The van der Waals surface area contributed by atoms with Crippen molar-refractivity contribution in [2.24, 2.45) is 0 Å². The summed E-state index contributed by atoms with van der Waals surface area (Å²) in [6.07, 6.45) is 3.73. The summed E-state index contributed by atoms with van der Waals surface area (Å²) in [5, 5.41) is 0. The number of ether oxygens (including phenoxy) is 1. The molecule has 0 unspecified atom stereocenters. The Morgan fingerprint density at radius 2 is 2.31 bits per heavy atom. The zero-order valence-electron chi connectivity index (χ0n) is 9.26.